The number of Topliss-reactive ketones (excluding diaryl/α,β-unsaturated/α-hetero) is 1. The highest BCUT2D eigenvalue weighted by Crippen LogP contribution is 2.24. The summed E-state index contributed by atoms with van der Waals surface area (Å²) in [5.41, 5.74) is 1.08. The largest absolute Gasteiger partial charge is 0.294 e. The molecule has 0 saturated heterocycles. The first kappa shape index (κ1) is 13.8. The fourth-order valence-electron chi connectivity index (χ4n) is 1.35. The van der Waals surface area contributed by atoms with Crippen LogP contribution in [0.4, 0.5) is 8.78 Å². The van der Waals surface area contributed by atoms with Gasteiger partial charge in [-0.2, -0.15) is 0 Å². The van der Waals surface area contributed by atoms with Crippen molar-refractivity contribution in [3.63, 3.8) is 0 Å². The minimum atomic E-state index is -2.50. The maximum Gasteiger partial charge on any atom is 0.263 e. The molecule has 0 aliphatic carbocycles. The van der Waals surface area contributed by atoms with E-state index in [-0.39, 0.29) is 11.3 Å². The maximum atomic E-state index is 12.5. The number of hydrogen-bond donors (Lipinski definition) is 0. The fourth-order valence-corrected chi connectivity index (χ4v) is 2.18. The molecule has 1 aromatic rings. The third kappa shape index (κ3) is 3.35. The minimum Gasteiger partial charge on any atom is -0.294 e. The Labute approximate surface area is 109 Å². The van der Waals surface area contributed by atoms with Crippen molar-refractivity contribution >= 4 is 37.6 Å². The van der Waals surface area contributed by atoms with Gasteiger partial charge in [-0.1, -0.05) is 44.0 Å². The molecule has 0 bridgehead atoms. The van der Waals surface area contributed by atoms with Crippen LogP contribution in [0.15, 0.2) is 18.2 Å². The van der Waals surface area contributed by atoms with Crippen molar-refractivity contribution in [3.8, 4) is 0 Å². The predicted molar refractivity (Wildman–Crippen MR) is 66.8 cm³/mol. The lowest BCUT2D eigenvalue weighted by atomic mass is 10.0. The predicted octanol–water partition coefficient (Wildman–Crippen LogP) is 4.49. The Morgan fingerprint density at radius 3 is 2.50 bits per heavy atom. The maximum absolute atomic E-state index is 12.5. The molecule has 1 rings (SSSR count). The van der Waals surface area contributed by atoms with E-state index in [2.05, 4.69) is 31.9 Å². The van der Waals surface area contributed by atoms with Crippen LogP contribution >= 0.6 is 31.9 Å². The molecular formula is C11H10Br2F2O. The molecule has 0 spiro atoms. The summed E-state index contributed by atoms with van der Waals surface area (Å²) in [6, 6.07) is 4.16. The smallest absolute Gasteiger partial charge is 0.263 e. The number of carbonyl (C=O) groups is 1. The van der Waals surface area contributed by atoms with Crippen LogP contribution in [0.3, 0.4) is 0 Å². The van der Waals surface area contributed by atoms with Crippen LogP contribution in [0.5, 0.6) is 0 Å². The molecule has 0 unspecified atom stereocenters. The second-order valence-corrected chi connectivity index (χ2v) is 4.57. The van der Waals surface area contributed by atoms with Crippen LogP contribution in [0.25, 0.3) is 0 Å². The summed E-state index contributed by atoms with van der Waals surface area (Å²) in [6.07, 6.45) is -2.13. The van der Waals surface area contributed by atoms with Crippen molar-refractivity contribution in [2.45, 2.75) is 18.2 Å². The fraction of sp³-hybridized carbons (Fsp3) is 0.364. The van der Waals surface area contributed by atoms with Gasteiger partial charge in [0.1, 0.15) is 0 Å². The molecule has 0 aromatic heterocycles. The topological polar surface area (TPSA) is 17.1 Å². The molecule has 0 aliphatic heterocycles. The van der Waals surface area contributed by atoms with Gasteiger partial charge in [0.15, 0.2) is 5.78 Å². The van der Waals surface area contributed by atoms with E-state index in [9.17, 15) is 13.6 Å². The third-order valence-electron chi connectivity index (χ3n) is 2.15. The minimum absolute atomic E-state index is 0.0351. The van der Waals surface area contributed by atoms with Gasteiger partial charge in [0, 0.05) is 28.2 Å². The van der Waals surface area contributed by atoms with Gasteiger partial charge in [0.05, 0.1) is 0 Å². The van der Waals surface area contributed by atoms with Gasteiger partial charge in [0.2, 0.25) is 0 Å². The summed E-state index contributed by atoms with van der Waals surface area (Å²) in [4.78, 5) is 11.7. The number of alkyl halides is 4. The summed E-state index contributed by atoms with van der Waals surface area (Å²) in [5.74, 6) is -0.0351. The molecule has 0 fully saturated rings. The van der Waals surface area contributed by atoms with Crippen LogP contribution < -0.4 is 0 Å². The number of benzene rings is 1. The Balaban J connectivity index is 3.06. The number of halogens is 4. The van der Waals surface area contributed by atoms with E-state index >= 15 is 0 Å². The number of rotatable bonds is 5. The average molecular weight is 356 g/mol. The summed E-state index contributed by atoms with van der Waals surface area (Å²) >= 11 is 6.38. The van der Waals surface area contributed by atoms with Crippen LogP contribution in [0.2, 0.25) is 0 Å². The first-order chi connectivity index (χ1) is 7.60. The molecule has 0 N–H and O–H groups in total. The summed E-state index contributed by atoms with van der Waals surface area (Å²) in [5, 5.41) is 0.973. The Bertz CT molecular complexity index is 380. The zero-order valence-corrected chi connectivity index (χ0v) is 11.5. The van der Waals surface area contributed by atoms with Gasteiger partial charge in [-0.3, -0.25) is 4.79 Å². The van der Waals surface area contributed by atoms with E-state index in [4.69, 9.17) is 0 Å². The van der Waals surface area contributed by atoms with Gasteiger partial charge >= 0.3 is 0 Å². The van der Waals surface area contributed by atoms with Gasteiger partial charge in [-0.25, -0.2) is 8.78 Å². The molecule has 0 heterocycles. The Hall–Kier alpha value is -0.290. The van der Waals surface area contributed by atoms with E-state index in [1.807, 2.05) is 0 Å². The van der Waals surface area contributed by atoms with E-state index in [0.29, 0.717) is 28.2 Å². The van der Waals surface area contributed by atoms with Crippen LogP contribution in [-0.4, -0.2) is 11.1 Å². The third-order valence-corrected chi connectivity index (χ3v) is 3.15. The molecule has 5 heteroatoms. The molecular weight excluding hydrogens is 346 g/mol. The van der Waals surface area contributed by atoms with Gasteiger partial charge in [0.25, 0.3) is 6.43 Å². The van der Waals surface area contributed by atoms with E-state index in [1.54, 1.807) is 0 Å². The lowest BCUT2D eigenvalue weighted by molar-refractivity contribution is 0.0988. The molecule has 0 saturated carbocycles. The average Bonchev–Trinajstić information content (AvgIpc) is 2.28. The van der Waals surface area contributed by atoms with Crippen molar-refractivity contribution < 1.29 is 13.6 Å². The molecule has 0 atom stereocenters. The summed E-state index contributed by atoms with van der Waals surface area (Å²) in [7, 11) is 0. The normalized spacial score (nSPS) is 10.8. The molecule has 1 nitrogen and oxygen atoms in total. The van der Waals surface area contributed by atoms with Crippen LogP contribution in [0.1, 0.15) is 34.3 Å². The molecule has 0 aliphatic rings. The lowest BCUT2D eigenvalue weighted by Crippen LogP contribution is -2.04. The van der Waals surface area contributed by atoms with Crippen molar-refractivity contribution in [2.75, 3.05) is 5.33 Å². The van der Waals surface area contributed by atoms with Crippen molar-refractivity contribution in [1.29, 1.82) is 0 Å². The van der Waals surface area contributed by atoms with Crippen molar-refractivity contribution in [1.82, 2.24) is 0 Å². The number of ketones is 1. The standard InChI is InChI=1S/C11H10Br2F2O/c12-4-3-10(16)9-2-1-7(11(14)15)5-8(9)6-13/h1-2,5,11H,3-4,6H2. The van der Waals surface area contributed by atoms with Crippen molar-refractivity contribution in [2.24, 2.45) is 0 Å². The highest BCUT2D eigenvalue weighted by Gasteiger charge is 2.14. The lowest BCUT2D eigenvalue weighted by Gasteiger charge is -2.08. The number of carbonyl (C=O) groups excluding carboxylic acids is 1. The first-order valence-electron chi connectivity index (χ1n) is 4.66. The second kappa shape index (κ2) is 6.45. The molecule has 88 valence electrons. The van der Waals surface area contributed by atoms with E-state index in [0.717, 1.165) is 0 Å². The molecule has 0 amide bonds. The van der Waals surface area contributed by atoms with Crippen molar-refractivity contribution in [3.05, 3.63) is 34.9 Å². The Kier molecular flexibility index (Phi) is 5.55. The highest BCUT2D eigenvalue weighted by atomic mass is 79.9. The number of hydrogen-bond acceptors (Lipinski definition) is 1. The van der Waals surface area contributed by atoms with Crippen LogP contribution in [0, 0.1) is 0 Å². The van der Waals surface area contributed by atoms with E-state index in [1.165, 1.54) is 18.2 Å². The monoisotopic (exact) mass is 354 g/mol. The summed E-state index contributed by atoms with van der Waals surface area (Å²) in [6.45, 7) is 0. The first-order valence-corrected chi connectivity index (χ1v) is 6.90. The SMILES string of the molecule is O=C(CCBr)c1ccc(C(F)F)cc1CBr. The van der Waals surface area contributed by atoms with Crippen LogP contribution in [-0.2, 0) is 5.33 Å². The quantitative estimate of drug-likeness (QED) is 0.562. The second-order valence-electron chi connectivity index (χ2n) is 3.21. The molecule has 16 heavy (non-hydrogen) atoms. The summed E-state index contributed by atoms with van der Waals surface area (Å²) < 4.78 is 24.9. The Morgan fingerprint density at radius 1 is 1.31 bits per heavy atom. The van der Waals surface area contributed by atoms with Gasteiger partial charge < -0.3 is 0 Å². The Morgan fingerprint density at radius 2 is 2.00 bits per heavy atom. The van der Waals surface area contributed by atoms with Gasteiger partial charge in [-0.05, 0) is 11.6 Å². The molecule has 1 aromatic carbocycles. The molecule has 0 radical (unpaired) electrons. The van der Waals surface area contributed by atoms with E-state index < -0.39 is 6.43 Å². The highest BCUT2D eigenvalue weighted by molar-refractivity contribution is 9.09. The zero-order valence-electron chi connectivity index (χ0n) is 8.35. The van der Waals surface area contributed by atoms with Gasteiger partial charge in [-0.15, -0.1) is 0 Å². The zero-order chi connectivity index (χ0) is 12.1.